The highest BCUT2D eigenvalue weighted by atomic mass is 16.2. The van der Waals surface area contributed by atoms with Gasteiger partial charge in [0.15, 0.2) is 0 Å². The number of amides is 3. The Bertz CT molecular complexity index is 592. The van der Waals surface area contributed by atoms with Crippen LogP contribution < -0.4 is 16.4 Å². The second-order valence-electron chi connectivity index (χ2n) is 4.45. The summed E-state index contributed by atoms with van der Waals surface area (Å²) in [6.45, 7) is 1.33. The topological polar surface area (TPSA) is 102 Å². The first-order chi connectivity index (χ1) is 10.1. The van der Waals surface area contributed by atoms with Gasteiger partial charge in [-0.15, -0.1) is 0 Å². The number of rotatable bonds is 6. The van der Waals surface area contributed by atoms with E-state index in [1.807, 2.05) is 16.9 Å². The first kappa shape index (κ1) is 14.6. The van der Waals surface area contributed by atoms with Crippen molar-refractivity contribution in [3.63, 3.8) is 0 Å². The third-order valence-corrected chi connectivity index (χ3v) is 2.82. The van der Waals surface area contributed by atoms with Crippen LogP contribution in [-0.4, -0.2) is 28.3 Å². The molecule has 0 spiro atoms. The molecular formula is C14H17N5O2. The van der Waals surface area contributed by atoms with Gasteiger partial charge in [-0.1, -0.05) is 0 Å². The largest absolute Gasteiger partial charge is 0.352 e. The molecule has 0 atom stereocenters. The molecule has 0 unspecified atom stereocenters. The number of carbonyl (C=O) groups is 2. The van der Waals surface area contributed by atoms with Crippen LogP contribution in [0, 0.1) is 0 Å². The van der Waals surface area contributed by atoms with Crippen molar-refractivity contribution in [1.82, 2.24) is 15.1 Å². The predicted octanol–water partition coefficient (Wildman–Crippen LogP) is 1.19. The summed E-state index contributed by atoms with van der Waals surface area (Å²) in [5.41, 5.74) is 6.09. The van der Waals surface area contributed by atoms with Gasteiger partial charge in [-0.05, 0) is 36.8 Å². The molecule has 0 aliphatic heterocycles. The SMILES string of the molecule is NC(=O)Nc1ccc(C(=O)NCCCn2cccn2)cc1. The summed E-state index contributed by atoms with van der Waals surface area (Å²) < 4.78 is 1.82. The summed E-state index contributed by atoms with van der Waals surface area (Å²) in [6.07, 6.45) is 4.40. The monoisotopic (exact) mass is 287 g/mol. The molecule has 0 aliphatic rings. The van der Waals surface area contributed by atoms with Crippen molar-refractivity contribution in [2.45, 2.75) is 13.0 Å². The molecule has 1 aromatic carbocycles. The lowest BCUT2D eigenvalue weighted by Crippen LogP contribution is -2.25. The van der Waals surface area contributed by atoms with Gasteiger partial charge in [-0.2, -0.15) is 5.10 Å². The number of aromatic nitrogens is 2. The van der Waals surface area contributed by atoms with E-state index in [9.17, 15) is 9.59 Å². The van der Waals surface area contributed by atoms with Gasteiger partial charge in [0.2, 0.25) is 0 Å². The molecule has 2 rings (SSSR count). The molecule has 3 amide bonds. The van der Waals surface area contributed by atoms with Crippen LogP contribution in [-0.2, 0) is 6.54 Å². The summed E-state index contributed by atoms with van der Waals surface area (Å²) in [5, 5.41) is 9.35. The van der Waals surface area contributed by atoms with Gasteiger partial charge < -0.3 is 16.4 Å². The summed E-state index contributed by atoms with van der Waals surface area (Å²) in [5.74, 6) is -0.152. The maximum absolute atomic E-state index is 11.9. The van der Waals surface area contributed by atoms with Crippen molar-refractivity contribution in [2.75, 3.05) is 11.9 Å². The van der Waals surface area contributed by atoms with E-state index >= 15 is 0 Å². The fraction of sp³-hybridized carbons (Fsp3) is 0.214. The molecule has 0 fully saturated rings. The van der Waals surface area contributed by atoms with Gasteiger partial charge in [-0.25, -0.2) is 4.79 Å². The number of carbonyl (C=O) groups excluding carboxylic acids is 2. The smallest absolute Gasteiger partial charge is 0.316 e. The van der Waals surface area contributed by atoms with E-state index in [0.29, 0.717) is 17.8 Å². The Kier molecular flexibility index (Phi) is 4.92. The quantitative estimate of drug-likeness (QED) is 0.695. The minimum Gasteiger partial charge on any atom is -0.352 e. The maximum atomic E-state index is 11.9. The first-order valence-corrected chi connectivity index (χ1v) is 6.57. The molecule has 0 saturated carbocycles. The number of primary amides is 1. The average Bonchev–Trinajstić information content (AvgIpc) is 2.97. The molecular weight excluding hydrogens is 270 g/mol. The molecule has 4 N–H and O–H groups in total. The molecule has 7 nitrogen and oxygen atoms in total. The van der Waals surface area contributed by atoms with E-state index in [0.717, 1.165) is 13.0 Å². The Morgan fingerprint density at radius 2 is 2.00 bits per heavy atom. The van der Waals surface area contributed by atoms with Crippen molar-refractivity contribution < 1.29 is 9.59 Å². The van der Waals surface area contributed by atoms with Crippen molar-refractivity contribution in [3.05, 3.63) is 48.3 Å². The van der Waals surface area contributed by atoms with Crippen LogP contribution in [0.3, 0.4) is 0 Å². The molecule has 2 aromatic rings. The Morgan fingerprint density at radius 1 is 1.24 bits per heavy atom. The summed E-state index contributed by atoms with van der Waals surface area (Å²) in [7, 11) is 0. The van der Waals surface area contributed by atoms with Crippen molar-refractivity contribution in [3.8, 4) is 0 Å². The van der Waals surface area contributed by atoms with Gasteiger partial charge in [0.25, 0.3) is 5.91 Å². The highest BCUT2D eigenvalue weighted by Crippen LogP contribution is 2.09. The molecule has 0 saturated heterocycles. The predicted molar refractivity (Wildman–Crippen MR) is 78.8 cm³/mol. The maximum Gasteiger partial charge on any atom is 0.316 e. The lowest BCUT2D eigenvalue weighted by Gasteiger charge is -2.06. The third-order valence-electron chi connectivity index (χ3n) is 2.82. The van der Waals surface area contributed by atoms with Crippen LogP contribution in [0.1, 0.15) is 16.8 Å². The highest BCUT2D eigenvalue weighted by Gasteiger charge is 2.05. The fourth-order valence-electron chi connectivity index (χ4n) is 1.82. The van der Waals surface area contributed by atoms with E-state index < -0.39 is 6.03 Å². The van der Waals surface area contributed by atoms with Crippen molar-refractivity contribution in [1.29, 1.82) is 0 Å². The highest BCUT2D eigenvalue weighted by molar-refractivity contribution is 5.95. The second kappa shape index (κ2) is 7.09. The Morgan fingerprint density at radius 3 is 2.62 bits per heavy atom. The van der Waals surface area contributed by atoms with Crippen LogP contribution in [0.4, 0.5) is 10.5 Å². The Labute approximate surface area is 122 Å². The van der Waals surface area contributed by atoms with Crippen LogP contribution in [0.15, 0.2) is 42.7 Å². The van der Waals surface area contributed by atoms with Gasteiger partial charge in [-0.3, -0.25) is 9.48 Å². The van der Waals surface area contributed by atoms with Gasteiger partial charge >= 0.3 is 6.03 Å². The summed E-state index contributed by atoms with van der Waals surface area (Å²) in [6, 6.07) is 7.75. The van der Waals surface area contributed by atoms with Gasteiger partial charge in [0.05, 0.1) is 0 Å². The summed E-state index contributed by atoms with van der Waals surface area (Å²) in [4.78, 5) is 22.6. The second-order valence-corrected chi connectivity index (χ2v) is 4.45. The van der Waals surface area contributed by atoms with E-state index in [-0.39, 0.29) is 5.91 Å². The standard InChI is InChI=1S/C14H17N5O2/c15-14(21)18-12-5-3-11(4-6-12)13(20)16-7-1-9-19-10-2-8-17-19/h2-6,8,10H,1,7,9H2,(H,16,20)(H3,15,18,21). The van der Waals surface area contributed by atoms with E-state index in [1.54, 1.807) is 30.5 Å². The molecule has 0 radical (unpaired) electrons. The fourth-order valence-corrected chi connectivity index (χ4v) is 1.82. The van der Waals surface area contributed by atoms with Crippen LogP contribution in [0.25, 0.3) is 0 Å². The van der Waals surface area contributed by atoms with E-state index in [2.05, 4.69) is 15.7 Å². The lowest BCUT2D eigenvalue weighted by atomic mass is 10.2. The molecule has 21 heavy (non-hydrogen) atoms. The minimum absolute atomic E-state index is 0.152. The lowest BCUT2D eigenvalue weighted by molar-refractivity contribution is 0.0952. The van der Waals surface area contributed by atoms with Crippen LogP contribution >= 0.6 is 0 Å². The molecule has 110 valence electrons. The van der Waals surface area contributed by atoms with Gasteiger partial charge in [0.1, 0.15) is 0 Å². The van der Waals surface area contributed by atoms with Crippen molar-refractivity contribution in [2.24, 2.45) is 5.73 Å². The van der Waals surface area contributed by atoms with E-state index in [1.165, 1.54) is 0 Å². The summed E-state index contributed by atoms with van der Waals surface area (Å²) >= 11 is 0. The zero-order valence-electron chi connectivity index (χ0n) is 11.5. The molecule has 1 aromatic heterocycles. The van der Waals surface area contributed by atoms with Crippen LogP contribution in [0.5, 0.6) is 0 Å². The zero-order chi connectivity index (χ0) is 15.1. The molecule has 1 heterocycles. The number of benzene rings is 1. The Hall–Kier alpha value is -2.83. The number of hydrogen-bond donors (Lipinski definition) is 3. The van der Waals surface area contributed by atoms with Crippen molar-refractivity contribution >= 4 is 17.6 Å². The number of nitrogens with two attached hydrogens (primary N) is 1. The number of aryl methyl sites for hydroxylation is 1. The molecule has 0 aliphatic carbocycles. The van der Waals surface area contributed by atoms with Crippen LogP contribution in [0.2, 0.25) is 0 Å². The normalized spacial score (nSPS) is 10.1. The average molecular weight is 287 g/mol. The van der Waals surface area contributed by atoms with E-state index in [4.69, 9.17) is 5.73 Å². The first-order valence-electron chi connectivity index (χ1n) is 6.57. The molecule has 0 bridgehead atoms. The number of hydrogen-bond acceptors (Lipinski definition) is 3. The Balaban J connectivity index is 1.76. The number of nitrogens with one attached hydrogen (secondary N) is 2. The molecule has 7 heteroatoms. The number of nitrogens with zero attached hydrogens (tertiary/aromatic N) is 2. The third kappa shape index (κ3) is 4.64. The number of urea groups is 1. The number of anilines is 1. The zero-order valence-corrected chi connectivity index (χ0v) is 11.5. The van der Waals surface area contributed by atoms with Gasteiger partial charge in [0, 0.05) is 36.7 Å². The minimum atomic E-state index is -0.633.